The normalized spacial score (nSPS) is 11.4. The summed E-state index contributed by atoms with van der Waals surface area (Å²) in [5.41, 5.74) is 0.633. The molecule has 5 nitrogen and oxygen atoms in total. The van der Waals surface area contributed by atoms with Gasteiger partial charge in [0.2, 0.25) is 10.0 Å². The van der Waals surface area contributed by atoms with Crippen LogP contribution in [0.1, 0.15) is 21.5 Å². The van der Waals surface area contributed by atoms with Gasteiger partial charge in [-0.2, -0.15) is 0 Å². The summed E-state index contributed by atoms with van der Waals surface area (Å²) in [6.07, 6.45) is 0. The molecular weight excluding hydrogens is 361 g/mol. The van der Waals surface area contributed by atoms with E-state index >= 15 is 0 Å². The van der Waals surface area contributed by atoms with Crippen LogP contribution in [0.4, 0.5) is 0 Å². The lowest BCUT2D eigenvalue weighted by atomic mass is 10.1. The van der Waals surface area contributed by atoms with Crippen molar-refractivity contribution in [2.24, 2.45) is 0 Å². The standard InChI is InChI=1S/C15H13Cl2NO4S/c1-9-11(15(19)20)5-3-7-13(9)23(21,22)18-8-10-4-2-6-12(16)14(10)17/h2-7,18H,8H2,1H3,(H,19,20). The molecule has 0 atom stereocenters. The molecule has 0 aliphatic rings. The van der Waals surface area contributed by atoms with Crippen LogP contribution < -0.4 is 4.72 Å². The molecule has 0 saturated carbocycles. The van der Waals surface area contributed by atoms with E-state index in [1.165, 1.54) is 25.1 Å². The highest BCUT2D eigenvalue weighted by Crippen LogP contribution is 2.26. The minimum Gasteiger partial charge on any atom is -0.478 e. The SMILES string of the molecule is Cc1c(C(=O)O)cccc1S(=O)(=O)NCc1cccc(Cl)c1Cl. The summed E-state index contributed by atoms with van der Waals surface area (Å²) in [5.74, 6) is -1.18. The number of rotatable bonds is 5. The number of carbonyl (C=O) groups is 1. The Balaban J connectivity index is 2.31. The molecule has 0 amide bonds. The number of sulfonamides is 1. The van der Waals surface area contributed by atoms with Gasteiger partial charge in [0.15, 0.2) is 0 Å². The Hall–Kier alpha value is -1.60. The molecule has 122 valence electrons. The zero-order chi connectivity index (χ0) is 17.2. The van der Waals surface area contributed by atoms with Crippen LogP contribution in [0.3, 0.4) is 0 Å². The Morgan fingerprint density at radius 1 is 1.17 bits per heavy atom. The number of hydrogen-bond donors (Lipinski definition) is 2. The van der Waals surface area contributed by atoms with Crippen molar-refractivity contribution in [2.75, 3.05) is 0 Å². The lowest BCUT2D eigenvalue weighted by molar-refractivity contribution is 0.0696. The second-order valence-electron chi connectivity index (χ2n) is 4.77. The molecule has 0 saturated heterocycles. The predicted octanol–water partition coefficient (Wildman–Crippen LogP) is 3.48. The molecule has 2 rings (SSSR count). The van der Waals surface area contributed by atoms with Gasteiger partial charge in [0.05, 0.1) is 20.5 Å². The molecule has 2 aromatic rings. The molecule has 0 aliphatic carbocycles. The number of benzene rings is 2. The number of carboxylic acids is 1. The zero-order valence-corrected chi connectivity index (χ0v) is 14.3. The molecular formula is C15H13Cl2NO4S. The van der Waals surface area contributed by atoms with Gasteiger partial charge < -0.3 is 5.11 Å². The second kappa shape index (κ2) is 6.88. The summed E-state index contributed by atoms with van der Waals surface area (Å²) in [5, 5.41) is 9.68. The Labute approximate surface area is 143 Å². The van der Waals surface area contributed by atoms with Gasteiger partial charge in [0, 0.05) is 6.54 Å². The van der Waals surface area contributed by atoms with E-state index in [0.29, 0.717) is 10.6 Å². The van der Waals surface area contributed by atoms with Gasteiger partial charge in [-0.05, 0) is 36.2 Å². The highest BCUT2D eigenvalue weighted by atomic mass is 35.5. The van der Waals surface area contributed by atoms with Gasteiger partial charge in [-0.15, -0.1) is 0 Å². The van der Waals surface area contributed by atoms with Crippen molar-refractivity contribution in [3.05, 3.63) is 63.1 Å². The third-order valence-electron chi connectivity index (χ3n) is 3.29. The first kappa shape index (κ1) is 17.7. The van der Waals surface area contributed by atoms with Crippen LogP contribution in [-0.4, -0.2) is 19.5 Å². The van der Waals surface area contributed by atoms with Crippen LogP contribution in [0.25, 0.3) is 0 Å². The third-order valence-corrected chi connectivity index (χ3v) is 5.69. The highest BCUT2D eigenvalue weighted by Gasteiger charge is 2.20. The van der Waals surface area contributed by atoms with E-state index in [1.54, 1.807) is 18.2 Å². The maximum atomic E-state index is 12.4. The number of nitrogens with one attached hydrogen (secondary N) is 1. The van der Waals surface area contributed by atoms with Crippen molar-refractivity contribution in [3.63, 3.8) is 0 Å². The van der Waals surface area contributed by atoms with Crippen LogP contribution in [-0.2, 0) is 16.6 Å². The number of halogens is 2. The Bertz CT molecular complexity index is 866. The number of aromatic carboxylic acids is 1. The summed E-state index contributed by atoms with van der Waals surface area (Å²) >= 11 is 11.9. The monoisotopic (exact) mass is 373 g/mol. The van der Waals surface area contributed by atoms with E-state index in [4.69, 9.17) is 28.3 Å². The number of hydrogen-bond acceptors (Lipinski definition) is 3. The largest absolute Gasteiger partial charge is 0.478 e. The number of carboxylic acid groups (broad SMARTS) is 1. The van der Waals surface area contributed by atoms with Crippen molar-refractivity contribution in [3.8, 4) is 0 Å². The average molecular weight is 374 g/mol. The van der Waals surface area contributed by atoms with Crippen molar-refractivity contribution >= 4 is 39.2 Å². The predicted molar refractivity (Wildman–Crippen MR) is 88.6 cm³/mol. The van der Waals surface area contributed by atoms with E-state index < -0.39 is 16.0 Å². The molecule has 2 N–H and O–H groups in total. The highest BCUT2D eigenvalue weighted by molar-refractivity contribution is 7.89. The fourth-order valence-electron chi connectivity index (χ4n) is 2.07. The van der Waals surface area contributed by atoms with Crippen molar-refractivity contribution in [1.29, 1.82) is 0 Å². The van der Waals surface area contributed by atoms with Gasteiger partial charge in [0.25, 0.3) is 0 Å². The van der Waals surface area contributed by atoms with Gasteiger partial charge in [0.1, 0.15) is 0 Å². The van der Waals surface area contributed by atoms with Gasteiger partial charge in [-0.3, -0.25) is 0 Å². The lowest BCUT2D eigenvalue weighted by Crippen LogP contribution is -2.24. The minimum absolute atomic E-state index is 0.0571. The average Bonchev–Trinajstić information content (AvgIpc) is 2.48. The molecule has 0 aliphatic heterocycles. The lowest BCUT2D eigenvalue weighted by Gasteiger charge is -2.12. The van der Waals surface area contributed by atoms with Gasteiger partial charge in [-0.25, -0.2) is 17.9 Å². The second-order valence-corrected chi connectivity index (χ2v) is 7.29. The summed E-state index contributed by atoms with van der Waals surface area (Å²) in [7, 11) is -3.89. The van der Waals surface area contributed by atoms with Crippen LogP contribution in [0, 0.1) is 6.92 Å². The van der Waals surface area contributed by atoms with Crippen molar-refractivity contribution < 1.29 is 18.3 Å². The fraction of sp³-hybridized carbons (Fsp3) is 0.133. The molecule has 2 aromatic carbocycles. The summed E-state index contributed by atoms with van der Waals surface area (Å²) in [6.45, 7) is 1.39. The van der Waals surface area contributed by atoms with E-state index in [-0.39, 0.29) is 27.6 Å². The third kappa shape index (κ3) is 3.84. The van der Waals surface area contributed by atoms with Crippen LogP contribution in [0.2, 0.25) is 10.0 Å². The molecule has 0 unspecified atom stereocenters. The van der Waals surface area contributed by atoms with Crippen molar-refractivity contribution in [2.45, 2.75) is 18.4 Å². The van der Waals surface area contributed by atoms with Crippen molar-refractivity contribution in [1.82, 2.24) is 4.72 Å². The molecule has 8 heteroatoms. The maximum Gasteiger partial charge on any atom is 0.335 e. The smallest absolute Gasteiger partial charge is 0.335 e. The van der Waals surface area contributed by atoms with Crippen LogP contribution in [0.15, 0.2) is 41.3 Å². The Kier molecular flexibility index (Phi) is 5.31. The molecule has 0 bridgehead atoms. The summed E-state index contributed by atoms with van der Waals surface area (Å²) in [6, 6.07) is 9.00. The molecule has 0 aromatic heterocycles. The zero-order valence-electron chi connectivity index (χ0n) is 12.0. The van der Waals surface area contributed by atoms with Gasteiger partial charge in [-0.1, -0.05) is 41.4 Å². The first-order chi connectivity index (χ1) is 10.7. The topological polar surface area (TPSA) is 83.5 Å². The van der Waals surface area contributed by atoms with E-state index in [0.717, 1.165) is 0 Å². The molecule has 0 radical (unpaired) electrons. The molecule has 0 fully saturated rings. The van der Waals surface area contributed by atoms with Gasteiger partial charge >= 0.3 is 5.97 Å². The van der Waals surface area contributed by atoms with Crippen LogP contribution in [0.5, 0.6) is 0 Å². The van der Waals surface area contributed by atoms with E-state index in [2.05, 4.69) is 4.72 Å². The molecule has 0 spiro atoms. The fourth-order valence-corrected chi connectivity index (χ4v) is 3.73. The molecule has 0 heterocycles. The first-order valence-electron chi connectivity index (χ1n) is 6.49. The Morgan fingerprint density at radius 3 is 2.48 bits per heavy atom. The first-order valence-corrected chi connectivity index (χ1v) is 8.73. The minimum atomic E-state index is -3.89. The van der Waals surface area contributed by atoms with E-state index in [9.17, 15) is 13.2 Å². The summed E-state index contributed by atoms with van der Waals surface area (Å²) < 4.78 is 27.2. The Morgan fingerprint density at radius 2 is 1.83 bits per heavy atom. The molecule has 23 heavy (non-hydrogen) atoms. The quantitative estimate of drug-likeness (QED) is 0.839. The van der Waals surface area contributed by atoms with Crippen LogP contribution >= 0.6 is 23.2 Å². The maximum absolute atomic E-state index is 12.4. The van der Waals surface area contributed by atoms with E-state index in [1.807, 2.05) is 0 Å². The summed E-state index contributed by atoms with van der Waals surface area (Å²) in [4.78, 5) is 11.0.